The minimum absolute atomic E-state index is 0.123. The van der Waals surface area contributed by atoms with Crippen LogP contribution in [0.15, 0.2) is 83.8 Å². The summed E-state index contributed by atoms with van der Waals surface area (Å²) in [4.78, 5) is 12.9. The van der Waals surface area contributed by atoms with Crippen molar-refractivity contribution in [3.63, 3.8) is 0 Å². The molecule has 8 heteroatoms. The van der Waals surface area contributed by atoms with Crippen molar-refractivity contribution in [1.29, 1.82) is 0 Å². The van der Waals surface area contributed by atoms with Crippen molar-refractivity contribution in [3.8, 4) is 5.75 Å². The van der Waals surface area contributed by atoms with E-state index in [1.165, 1.54) is 25.3 Å². The maximum absolute atomic E-state index is 13.1. The standard InChI is InChI=1S/C24H25ClN2O4S/c1-31-22-13-12-20(25)17-23(22)32(29,30)27-21(16-19-10-6-3-7-11-19)24(28)26-15-14-18-8-4-2-5-9-18/h2-13,17,21,27H,14-16H2,1H3,(H,26,28)/t21-/m0/s1. The molecule has 0 radical (unpaired) electrons. The van der Waals surface area contributed by atoms with Crippen LogP contribution in [0.3, 0.4) is 0 Å². The molecule has 3 rings (SSSR count). The number of sulfonamides is 1. The molecule has 0 fully saturated rings. The van der Waals surface area contributed by atoms with Crippen LogP contribution in [0.1, 0.15) is 11.1 Å². The second-order valence-electron chi connectivity index (χ2n) is 7.19. The molecular weight excluding hydrogens is 448 g/mol. The summed E-state index contributed by atoms with van der Waals surface area (Å²) in [5.41, 5.74) is 1.91. The Labute approximate surface area is 193 Å². The fourth-order valence-corrected chi connectivity index (χ4v) is 4.87. The van der Waals surface area contributed by atoms with Gasteiger partial charge in [-0.15, -0.1) is 0 Å². The number of hydrogen-bond acceptors (Lipinski definition) is 4. The van der Waals surface area contributed by atoms with Crippen LogP contribution in [0.25, 0.3) is 0 Å². The van der Waals surface area contributed by atoms with Gasteiger partial charge in [0.1, 0.15) is 16.7 Å². The van der Waals surface area contributed by atoms with Crippen LogP contribution in [0.4, 0.5) is 0 Å². The highest BCUT2D eigenvalue weighted by Gasteiger charge is 2.28. The van der Waals surface area contributed by atoms with Crippen LogP contribution in [0.5, 0.6) is 5.75 Å². The van der Waals surface area contributed by atoms with Crippen molar-refractivity contribution in [2.24, 2.45) is 0 Å². The van der Waals surface area contributed by atoms with Gasteiger partial charge in [0.2, 0.25) is 15.9 Å². The molecule has 0 aromatic heterocycles. The third-order valence-electron chi connectivity index (χ3n) is 4.87. The molecule has 2 N–H and O–H groups in total. The van der Waals surface area contributed by atoms with Gasteiger partial charge in [-0.2, -0.15) is 4.72 Å². The first-order chi connectivity index (χ1) is 15.4. The van der Waals surface area contributed by atoms with Gasteiger partial charge in [0.25, 0.3) is 0 Å². The highest BCUT2D eigenvalue weighted by molar-refractivity contribution is 7.89. The number of benzene rings is 3. The van der Waals surface area contributed by atoms with Gasteiger partial charge in [0.15, 0.2) is 0 Å². The zero-order chi connectivity index (χ0) is 23.0. The maximum Gasteiger partial charge on any atom is 0.245 e. The lowest BCUT2D eigenvalue weighted by atomic mass is 10.1. The van der Waals surface area contributed by atoms with E-state index in [9.17, 15) is 13.2 Å². The molecule has 0 aliphatic rings. The molecule has 0 saturated carbocycles. The Balaban J connectivity index is 1.79. The lowest BCUT2D eigenvalue weighted by molar-refractivity contribution is -0.122. The molecule has 0 spiro atoms. The van der Waals surface area contributed by atoms with Gasteiger partial charge in [-0.25, -0.2) is 8.42 Å². The third kappa shape index (κ3) is 6.56. The smallest absolute Gasteiger partial charge is 0.245 e. The molecule has 168 valence electrons. The third-order valence-corrected chi connectivity index (χ3v) is 6.60. The Morgan fingerprint density at radius 1 is 0.969 bits per heavy atom. The van der Waals surface area contributed by atoms with Crippen LogP contribution in [0.2, 0.25) is 5.02 Å². The predicted molar refractivity (Wildman–Crippen MR) is 125 cm³/mol. The molecule has 32 heavy (non-hydrogen) atoms. The van der Waals surface area contributed by atoms with Gasteiger partial charge < -0.3 is 10.1 Å². The summed E-state index contributed by atoms with van der Waals surface area (Å²) in [5, 5.41) is 3.09. The molecule has 6 nitrogen and oxygen atoms in total. The van der Waals surface area contributed by atoms with Crippen molar-refractivity contribution in [1.82, 2.24) is 10.0 Å². The number of carbonyl (C=O) groups is 1. The van der Waals surface area contributed by atoms with Gasteiger partial charge in [0, 0.05) is 11.6 Å². The molecule has 3 aromatic carbocycles. The fourth-order valence-electron chi connectivity index (χ4n) is 3.25. The highest BCUT2D eigenvalue weighted by atomic mass is 35.5. The van der Waals surface area contributed by atoms with E-state index in [-0.39, 0.29) is 22.1 Å². The van der Waals surface area contributed by atoms with Gasteiger partial charge >= 0.3 is 0 Å². The van der Waals surface area contributed by atoms with Gasteiger partial charge in [-0.1, -0.05) is 72.3 Å². The second kappa shape index (κ2) is 11.1. The highest BCUT2D eigenvalue weighted by Crippen LogP contribution is 2.27. The van der Waals surface area contributed by atoms with E-state index in [0.717, 1.165) is 11.1 Å². The van der Waals surface area contributed by atoms with Crippen molar-refractivity contribution in [2.75, 3.05) is 13.7 Å². The Morgan fingerprint density at radius 3 is 2.22 bits per heavy atom. The molecule has 3 aromatic rings. The number of ether oxygens (including phenoxy) is 1. The van der Waals surface area contributed by atoms with E-state index < -0.39 is 22.0 Å². The summed E-state index contributed by atoms with van der Waals surface area (Å²) in [5.74, 6) is -0.265. The van der Waals surface area contributed by atoms with E-state index in [0.29, 0.717) is 13.0 Å². The number of rotatable bonds is 10. The minimum Gasteiger partial charge on any atom is -0.495 e. The molecule has 1 amide bonds. The largest absolute Gasteiger partial charge is 0.495 e. The molecule has 0 saturated heterocycles. The Morgan fingerprint density at radius 2 is 1.59 bits per heavy atom. The summed E-state index contributed by atoms with van der Waals surface area (Å²) in [7, 11) is -2.71. The molecule has 0 heterocycles. The lowest BCUT2D eigenvalue weighted by Gasteiger charge is -2.20. The van der Waals surface area contributed by atoms with E-state index in [1.807, 2.05) is 60.7 Å². The van der Waals surface area contributed by atoms with Crippen LogP contribution < -0.4 is 14.8 Å². The van der Waals surface area contributed by atoms with Crippen LogP contribution in [-0.4, -0.2) is 34.0 Å². The molecule has 0 bridgehead atoms. The summed E-state index contributed by atoms with van der Waals surface area (Å²) in [6.07, 6.45) is 0.833. The average Bonchev–Trinajstić information content (AvgIpc) is 2.80. The topological polar surface area (TPSA) is 84.5 Å². The molecule has 0 aliphatic carbocycles. The first kappa shape index (κ1) is 23.8. The second-order valence-corrected chi connectivity index (χ2v) is 9.30. The summed E-state index contributed by atoms with van der Waals surface area (Å²) in [6, 6.07) is 22.3. The number of nitrogens with one attached hydrogen (secondary N) is 2. The Bertz CT molecular complexity index is 1140. The Kier molecular flexibility index (Phi) is 8.27. The number of amides is 1. The normalized spacial score (nSPS) is 12.2. The molecule has 0 aliphatic heterocycles. The van der Waals surface area contributed by atoms with Crippen LogP contribution in [0, 0.1) is 0 Å². The van der Waals surface area contributed by atoms with Crippen molar-refractivity contribution >= 4 is 27.5 Å². The van der Waals surface area contributed by atoms with Crippen LogP contribution >= 0.6 is 11.6 Å². The van der Waals surface area contributed by atoms with Crippen LogP contribution in [-0.2, 0) is 27.7 Å². The summed E-state index contributed by atoms with van der Waals surface area (Å²) in [6.45, 7) is 0.385. The van der Waals surface area contributed by atoms with Gasteiger partial charge in [-0.05, 0) is 42.2 Å². The fraction of sp³-hybridized carbons (Fsp3) is 0.208. The summed E-state index contributed by atoms with van der Waals surface area (Å²) < 4.78 is 34.0. The Hall–Kier alpha value is -2.87. The number of carbonyl (C=O) groups excluding carboxylic acids is 1. The first-order valence-corrected chi connectivity index (χ1v) is 12.0. The molecule has 1 atom stereocenters. The van der Waals surface area contributed by atoms with E-state index >= 15 is 0 Å². The van der Waals surface area contributed by atoms with E-state index in [2.05, 4.69) is 10.0 Å². The average molecular weight is 473 g/mol. The SMILES string of the molecule is COc1ccc(Cl)cc1S(=O)(=O)N[C@@H](Cc1ccccc1)C(=O)NCCc1ccccc1. The van der Waals surface area contributed by atoms with E-state index in [1.54, 1.807) is 0 Å². The number of halogens is 1. The number of methoxy groups -OCH3 is 1. The van der Waals surface area contributed by atoms with Gasteiger partial charge in [-0.3, -0.25) is 4.79 Å². The quantitative estimate of drug-likeness (QED) is 0.472. The zero-order valence-corrected chi connectivity index (χ0v) is 19.2. The zero-order valence-electron chi connectivity index (χ0n) is 17.6. The van der Waals surface area contributed by atoms with Gasteiger partial charge in [0.05, 0.1) is 7.11 Å². The van der Waals surface area contributed by atoms with Crippen molar-refractivity contribution < 1.29 is 17.9 Å². The predicted octanol–water partition coefficient (Wildman–Crippen LogP) is 3.60. The monoisotopic (exact) mass is 472 g/mol. The van der Waals surface area contributed by atoms with Crippen molar-refractivity contribution in [2.45, 2.75) is 23.8 Å². The lowest BCUT2D eigenvalue weighted by Crippen LogP contribution is -2.48. The maximum atomic E-state index is 13.1. The summed E-state index contributed by atoms with van der Waals surface area (Å²) >= 11 is 6.01. The molecular formula is C24H25ClN2O4S. The van der Waals surface area contributed by atoms with Crippen molar-refractivity contribution in [3.05, 3.63) is 95.0 Å². The molecule has 0 unspecified atom stereocenters. The number of hydrogen-bond donors (Lipinski definition) is 2. The first-order valence-electron chi connectivity index (χ1n) is 10.1. The van der Waals surface area contributed by atoms with E-state index in [4.69, 9.17) is 16.3 Å². The minimum atomic E-state index is -4.09.